The molecule has 4 amide bonds. The van der Waals surface area contributed by atoms with E-state index in [0.717, 1.165) is 16.7 Å². The topological polar surface area (TPSA) is 102 Å². The largest absolute Gasteiger partial charge is 0.497 e. The molecule has 0 aliphatic carbocycles. The summed E-state index contributed by atoms with van der Waals surface area (Å²) in [6.07, 6.45) is 1.73. The highest BCUT2D eigenvalue weighted by molar-refractivity contribution is 6.03. The lowest BCUT2D eigenvalue weighted by Crippen LogP contribution is -2.41. The first kappa shape index (κ1) is 29.6. The van der Waals surface area contributed by atoms with Crippen molar-refractivity contribution in [3.05, 3.63) is 113 Å². The zero-order valence-electron chi connectivity index (χ0n) is 24.0. The van der Waals surface area contributed by atoms with Gasteiger partial charge in [-0.3, -0.25) is 9.59 Å². The maximum atomic E-state index is 13.9. The molecule has 0 N–H and O–H groups in total. The SMILES string of the molecule is COc1ccc(C/C(=C\CCC(=O)N2C(=O)OC[C@@H]2Cc2ccccc2)C(=O)N2C(=O)OC[C@@H]2Cc2ccccc2)cc1. The number of benzene rings is 3. The Bertz CT molecular complexity index is 1470. The molecule has 0 spiro atoms. The predicted octanol–water partition coefficient (Wildman–Crippen LogP) is 5.12. The Morgan fingerprint density at radius 2 is 1.30 bits per heavy atom. The number of rotatable bonds is 11. The van der Waals surface area contributed by atoms with Crippen LogP contribution in [0.2, 0.25) is 0 Å². The molecule has 0 radical (unpaired) electrons. The van der Waals surface area contributed by atoms with E-state index in [2.05, 4.69) is 0 Å². The van der Waals surface area contributed by atoms with Crippen LogP contribution < -0.4 is 4.74 Å². The molecule has 2 atom stereocenters. The van der Waals surface area contributed by atoms with E-state index in [-0.39, 0.29) is 38.4 Å². The maximum absolute atomic E-state index is 13.9. The van der Waals surface area contributed by atoms with Gasteiger partial charge in [0.2, 0.25) is 5.91 Å². The van der Waals surface area contributed by atoms with Gasteiger partial charge in [0.05, 0.1) is 19.2 Å². The molecule has 2 aliphatic rings. The number of cyclic esters (lactones) is 2. The summed E-state index contributed by atoms with van der Waals surface area (Å²) < 4.78 is 15.7. The quantitative estimate of drug-likeness (QED) is 0.289. The highest BCUT2D eigenvalue weighted by atomic mass is 16.6. The van der Waals surface area contributed by atoms with Gasteiger partial charge in [0.25, 0.3) is 5.91 Å². The van der Waals surface area contributed by atoms with Crippen LogP contribution in [0.1, 0.15) is 29.5 Å². The summed E-state index contributed by atoms with van der Waals surface area (Å²) in [6, 6.07) is 25.7. The summed E-state index contributed by atoms with van der Waals surface area (Å²) in [6.45, 7) is 0.240. The number of nitrogens with zero attached hydrogens (tertiary/aromatic N) is 2. The number of carbonyl (C=O) groups excluding carboxylic acids is 4. The summed E-state index contributed by atoms with van der Waals surface area (Å²) in [5, 5.41) is 0. The van der Waals surface area contributed by atoms with Crippen LogP contribution >= 0.6 is 0 Å². The Morgan fingerprint density at radius 1 is 0.767 bits per heavy atom. The molecule has 2 saturated heterocycles. The number of carbonyl (C=O) groups is 4. The number of methoxy groups -OCH3 is 1. The number of hydrogen-bond donors (Lipinski definition) is 0. The first-order chi connectivity index (χ1) is 20.9. The van der Waals surface area contributed by atoms with Crippen molar-refractivity contribution >= 4 is 24.0 Å². The van der Waals surface area contributed by atoms with Gasteiger partial charge < -0.3 is 14.2 Å². The molecular weight excluding hydrogens is 548 g/mol. The molecule has 0 unspecified atom stereocenters. The van der Waals surface area contributed by atoms with Crippen molar-refractivity contribution in [1.82, 2.24) is 9.80 Å². The van der Waals surface area contributed by atoms with Crippen LogP contribution in [0.25, 0.3) is 0 Å². The van der Waals surface area contributed by atoms with Crippen LogP contribution in [-0.4, -0.2) is 66.2 Å². The van der Waals surface area contributed by atoms with Gasteiger partial charge in [-0.1, -0.05) is 78.9 Å². The summed E-state index contributed by atoms with van der Waals surface area (Å²) in [4.78, 5) is 54.7. The van der Waals surface area contributed by atoms with E-state index < -0.39 is 30.2 Å². The van der Waals surface area contributed by atoms with E-state index in [1.165, 1.54) is 9.80 Å². The van der Waals surface area contributed by atoms with E-state index in [4.69, 9.17) is 14.2 Å². The smallest absolute Gasteiger partial charge is 0.417 e. The number of imide groups is 2. The second-order valence-corrected chi connectivity index (χ2v) is 10.6. The standard InChI is InChI=1S/C34H34N2O7/c1-41-30-17-15-26(16-18-30)19-27(32(38)36-29(23-43-34(36)40)21-25-11-6-3-7-12-25)13-8-14-31(37)35-28(22-42-33(35)39)20-24-9-4-2-5-10-24/h2-7,9-13,15-18,28-29H,8,14,19-23H2,1H3/b27-13+/t28-,29-/m0/s1. The molecular formula is C34H34N2O7. The maximum Gasteiger partial charge on any atom is 0.417 e. The van der Waals surface area contributed by atoms with E-state index in [0.29, 0.717) is 24.2 Å². The third kappa shape index (κ3) is 7.30. The highest BCUT2D eigenvalue weighted by Gasteiger charge is 2.40. The van der Waals surface area contributed by atoms with Crippen molar-refractivity contribution < 1.29 is 33.4 Å². The first-order valence-corrected chi connectivity index (χ1v) is 14.3. The monoisotopic (exact) mass is 582 g/mol. The van der Waals surface area contributed by atoms with Gasteiger partial charge in [-0.25, -0.2) is 19.4 Å². The fraction of sp³-hybridized carbons (Fsp3) is 0.294. The molecule has 9 nitrogen and oxygen atoms in total. The van der Waals surface area contributed by atoms with Crippen molar-refractivity contribution in [2.75, 3.05) is 20.3 Å². The lowest BCUT2D eigenvalue weighted by Gasteiger charge is -2.22. The van der Waals surface area contributed by atoms with Gasteiger partial charge in [-0.2, -0.15) is 0 Å². The fourth-order valence-electron chi connectivity index (χ4n) is 5.39. The number of amides is 4. The lowest BCUT2D eigenvalue weighted by molar-refractivity contribution is -0.129. The van der Waals surface area contributed by atoms with Gasteiger partial charge >= 0.3 is 12.2 Å². The molecule has 0 aromatic heterocycles. The summed E-state index contributed by atoms with van der Waals surface area (Å²) >= 11 is 0. The van der Waals surface area contributed by atoms with Crippen LogP contribution in [-0.2, 0) is 38.3 Å². The molecule has 0 saturated carbocycles. The summed E-state index contributed by atoms with van der Waals surface area (Å²) in [5.74, 6) is -0.160. The predicted molar refractivity (Wildman–Crippen MR) is 158 cm³/mol. The van der Waals surface area contributed by atoms with Gasteiger partial charge in [0.1, 0.15) is 19.0 Å². The average molecular weight is 583 g/mol. The van der Waals surface area contributed by atoms with Crippen molar-refractivity contribution in [2.45, 2.75) is 44.2 Å². The van der Waals surface area contributed by atoms with Crippen molar-refractivity contribution in [2.24, 2.45) is 0 Å². The number of hydrogen-bond acceptors (Lipinski definition) is 7. The van der Waals surface area contributed by atoms with Gasteiger partial charge in [-0.15, -0.1) is 0 Å². The molecule has 3 aromatic carbocycles. The number of allylic oxidation sites excluding steroid dienone is 1. The normalized spacial score (nSPS) is 18.4. The molecule has 2 aliphatic heterocycles. The minimum Gasteiger partial charge on any atom is -0.497 e. The van der Waals surface area contributed by atoms with Crippen LogP contribution in [0.5, 0.6) is 5.75 Å². The zero-order chi connectivity index (χ0) is 30.2. The van der Waals surface area contributed by atoms with Gasteiger partial charge in [0, 0.05) is 18.4 Å². The van der Waals surface area contributed by atoms with Crippen LogP contribution in [0.3, 0.4) is 0 Å². The van der Waals surface area contributed by atoms with Crippen LogP contribution in [0, 0.1) is 0 Å². The molecule has 3 aromatic rings. The Hall–Kier alpha value is -4.92. The fourth-order valence-corrected chi connectivity index (χ4v) is 5.39. The molecule has 43 heavy (non-hydrogen) atoms. The lowest BCUT2D eigenvalue weighted by atomic mass is 10.00. The highest BCUT2D eigenvalue weighted by Crippen LogP contribution is 2.24. The molecule has 2 heterocycles. The van der Waals surface area contributed by atoms with Crippen molar-refractivity contribution in [1.29, 1.82) is 0 Å². The second-order valence-electron chi connectivity index (χ2n) is 10.6. The zero-order valence-corrected chi connectivity index (χ0v) is 24.0. The first-order valence-electron chi connectivity index (χ1n) is 14.3. The minimum absolute atomic E-state index is 0.00231. The molecule has 9 heteroatoms. The van der Waals surface area contributed by atoms with E-state index in [1.54, 1.807) is 25.3 Å². The molecule has 0 bridgehead atoms. The summed E-state index contributed by atoms with van der Waals surface area (Å²) in [7, 11) is 1.58. The van der Waals surface area contributed by atoms with E-state index >= 15 is 0 Å². The van der Waals surface area contributed by atoms with Crippen molar-refractivity contribution in [3.8, 4) is 5.75 Å². The third-order valence-electron chi connectivity index (χ3n) is 7.62. The Morgan fingerprint density at radius 3 is 1.86 bits per heavy atom. The van der Waals surface area contributed by atoms with Gasteiger partial charge in [0.15, 0.2) is 0 Å². The third-order valence-corrected chi connectivity index (χ3v) is 7.62. The Labute approximate surface area is 250 Å². The van der Waals surface area contributed by atoms with Crippen LogP contribution in [0.4, 0.5) is 9.59 Å². The van der Waals surface area contributed by atoms with E-state index in [9.17, 15) is 19.2 Å². The average Bonchev–Trinajstić information content (AvgIpc) is 3.58. The van der Waals surface area contributed by atoms with Crippen LogP contribution in [0.15, 0.2) is 96.6 Å². The molecule has 5 rings (SSSR count). The Balaban J connectivity index is 1.32. The number of ether oxygens (including phenoxy) is 3. The van der Waals surface area contributed by atoms with Gasteiger partial charge in [-0.05, 0) is 48.1 Å². The van der Waals surface area contributed by atoms with E-state index in [1.807, 2.05) is 72.8 Å². The summed E-state index contributed by atoms with van der Waals surface area (Å²) in [5.41, 5.74) is 3.18. The molecule has 2 fully saturated rings. The van der Waals surface area contributed by atoms with Crippen molar-refractivity contribution in [3.63, 3.8) is 0 Å². The Kier molecular flexibility index (Phi) is 9.51. The second kappa shape index (κ2) is 13.8. The minimum atomic E-state index is -0.689. The molecule has 222 valence electrons.